The number of para-hydroxylation sites is 2. The highest BCUT2D eigenvalue weighted by molar-refractivity contribution is 9.10. The molecule has 1 aliphatic heterocycles. The number of pyridine rings is 1. The second-order valence-electron chi connectivity index (χ2n) is 5.31. The predicted molar refractivity (Wildman–Crippen MR) is 93.0 cm³/mol. The van der Waals surface area contributed by atoms with Crippen LogP contribution in [0.1, 0.15) is 10.5 Å². The molecule has 23 heavy (non-hydrogen) atoms. The summed E-state index contributed by atoms with van der Waals surface area (Å²) in [5, 5.41) is 0. The van der Waals surface area contributed by atoms with Gasteiger partial charge >= 0.3 is 0 Å². The van der Waals surface area contributed by atoms with Gasteiger partial charge < -0.3 is 14.5 Å². The number of rotatable bonds is 3. The number of methoxy groups -OCH3 is 1. The lowest BCUT2D eigenvalue weighted by Crippen LogP contribution is -2.49. The number of hydrogen-bond acceptors (Lipinski definition) is 4. The lowest BCUT2D eigenvalue weighted by molar-refractivity contribution is 0.0740. The lowest BCUT2D eigenvalue weighted by atomic mass is 10.2. The van der Waals surface area contributed by atoms with Crippen LogP contribution >= 0.6 is 15.9 Å². The summed E-state index contributed by atoms with van der Waals surface area (Å²) in [6.45, 7) is 2.90. The average molecular weight is 376 g/mol. The Hall–Kier alpha value is -2.08. The zero-order chi connectivity index (χ0) is 16.2. The zero-order valence-corrected chi connectivity index (χ0v) is 14.5. The minimum Gasteiger partial charge on any atom is -0.495 e. The molecule has 1 amide bonds. The van der Waals surface area contributed by atoms with Gasteiger partial charge in [-0.15, -0.1) is 0 Å². The first kappa shape index (κ1) is 15.8. The van der Waals surface area contributed by atoms with Crippen molar-refractivity contribution in [1.29, 1.82) is 0 Å². The van der Waals surface area contributed by atoms with Gasteiger partial charge in [-0.2, -0.15) is 0 Å². The fourth-order valence-corrected chi connectivity index (χ4v) is 3.06. The number of hydrogen-bond donors (Lipinski definition) is 0. The maximum atomic E-state index is 12.5. The monoisotopic (exact) mass is 375 g/mol. The molecule has 0 bridgehead atoms. The minimum absolute atomic E-state index is 0.0222. The van der Waals surface area contributed by atoms with Gasteiger partial charge in [-0.3, -0.25) is 9.78 Å². The van der Waals surface area contributed by atoms with Crippen LogP contribution in [0.5, 0.6) is 5.75 Å². The maximum absolute atomic E-state index is 12.5. The first-order valence-corrected chi connectivity index (χ1v) is 8.27. The zero-order valence-electron chi connectivity index (χ0n) is 12.9. The Morgan fingerprint density at radius 1 is 1.17 bits per heavy atom. The van der Waals surface area contributed by atoms with Crippen LogP contribution in [0.15, 0.2) is 47.1 Å². The van der Waals surface area contributed by atoms with Gasteiger partial charge in [0.25, 0.3) is 5.91 Å². The lowest BCUT2D eigenvalue weighted by Gasteiger charge is -2.36. The molecule has 3 rings (SSSR count). The van der Waals surface area contributed by atoms with Gasteiger partial charge in [0.05, 0.1) is 12.8 Å². The highest BCUT2D eigenvalue weighted by Gasteiger charge is 2.24. The van der Waals surface area contributed by atoms with E-state index in [1.165, 1.54) is 0 Å². The third-order valence-corrected chi connectivity index (χ3v) is 4.43. The fraction of sp³-hybridized carbons (Fsp3) is 0.294. The number of aromatic nitrogens is 1. The number of piperazine rings is 1. The number of carbonyl (C=O) groups is 1. The molecule has 1 aromatic heterocycles. The molecule has 0 aliphatic carbocycles. The third kappa shape index (κ3) is 3.47. The molecule has 1 fully saturated rings. The van der Waals surface area contributed by atoms with E-state index in [2.05, 4.69) is 25.8 Å². The second-order valence-corrected chi connectivity index (χ2v) is 6.23. The second kappa shape index (κ2) is 7.00. The van der Waals surface area contributed by atoms with E-state index in [9.17, 15) is 4.79 Å². The summed E-state index contributed by atoms with van der Waals surface area (Å²) in [6.07, 6.45) is 1.64. The van der Waals surface area contributed by atoms with E-state index in [1.807, 2.05) is 35.2 Å². The number of carbonyl (C=O) groups excluding carboxylic acids is 1. The van der Waals surface area contributed by atoms with E-state index in [0.29, 0.717) is 18.8 Å². The molecular weight excluding hydrogens is 358 g/mol. The van der Waals surface area contributed by atoms with Crippen LogP contribution < -0.4 is 9.64 Å². The molecule has 6 heteroatoms. The van der Waals surface area contributed by atoms with Gasteiger partial charge in [-0.25, -0.2) is 0 Å². The summed E-state index contributed by atoms with van der Waals surface area (Å²) in [4.78, 5) is 20.8. The van der Waals surface area contributed by atoms with E-state index < -0.39 is 0 Å². The summed E-state index contributed by atoms with van der Waals surface area (Å²) in [7, 11) is 1.68. The average Bonchev–Trinajstić information content (AvgIpc) is 2.61. The van der Waals surface area contributed by atoms with Gasteiger partial charge in [0.1, 0.15) is 11.4 Å². The molecule has 1 aliphatic rings. The van der Waals surface area contributed by atoms with Crippen molar-refractivity contribution in [2.75, 3.05) is 38.2 Å². The van der Waals surface area contributed by atoms with Crippen molar-refractivity contribution in [2.24, 2.45) is 0 Å². The quantitative estimate of drug-likeness (QED) is 0.827. The Balaban J connectivity index is 1.67. The molecule has 0 N–H and O–H groups in total. The SMILES string of the molecule is COc1ccccc1N1CCN(C(=O)c2cc(Br)ccn2)CC1. The van der Waals surface area contributed by atoms with Crippen LogP contribution in [0.4, 0.5) is 5.69 Å². The molecular formula is C17H18BrN3O2. The highest BCUT2D eigenvalue weighted by Crippen LogP contribution is 2.28. The number of halogens is 1. The smallest absolute Gasteiger partial charge is 0.272 e. The van der Waals surface area contributed by atoms with Crippen molar-refractivity contribution in [3.8, 4) is 5.75 Å². The summed E-state index contributed by atoms with van der Waals surface area (Å²) in [6, 6.07) is 11.5. The first-order valence-electron chi connectivity index (χ1n) is 7.48. The van der Waals surface area contributed by atoms with Crippen LogP contribution in [-0.2, 0) is 0 Å². The van der Waals surface area contributed by atoms with Gasteiger partial charge in [0, 0.05) is 36.8 Å². The minimum atomic E-state index is -0.0222. The number of benzene rings is 1. The molecule has 2 aromatic rings. The van der Waals surface area contributed by atoms with Gasteiger partial charge in [0.2, 0.25) is 0 Å². The Morgan fingerprint density at radius 2 is 1.91 bits per heavy atom. The predicted octanol–water partition coefficient (Wildman–Crippen LogP) is 2.82. The number of ether oxygens (including phenoxy) is 1. The Bertz CT molecular complexity index is 700. The van der Waals surface area contributed by atoms with Gasteiger partial charge in [0.15, 0.2) is 0 Å². The van der Waals surface area contributed by atoms with Gasteiger partial charge in [-0.1, -0.05) is 28.1 Å². The fourth-order valence-electron chi connectivity index (χ4n) is 2.73. The summed E-state index contributed by atoms with van der Waals surface area (Å²) in [5.41, 5.74) is 1.55. The Labute approximate surface area is 144 Å². The number of nitrogens with zero attached hydrogens (tertiary/aromatic N) is 3. The van der Waals surface area contributed by atoms with Crippen molar-refractivity contribution in [2.45, 2.75) is 0 Å². The number of amides is 1. The first-order chi connectivity index (χ1) is 11.2. The van der Waals surface area contributed by atoms with Gasteiger partial charge in [-0.05, 0) is 24.3 Å². The molecule has 2 heterocycles. The van der Waals surface area contributed by atoms with E-state index in [1.54, 1.807) is 19.4 Å². The van der Waals surface area contributed by atoms with Crippen molar-refractivity contribution in [1.82, 2.24) is 9.88 Å². The van der Waals surface area contributed by atoms with E-state index in [0.717, 1.165) is 29.0 Å². The highest BCUT2D eigenvalue weighted by atomic mass is 79.9. The van der Waals surface area contributed by atoms with Crippen molar-refractivity contribution < 1.29 is 9.53 Å². The summed E-state index contributed by atoms with van der Waals surface area (Å²) < 4.78 is 6.28. The molecule has 0 saturated carbocycles. The van der Waals surface area contributed by atoms with Crippen molar-refractivity contribution in [3.63, 3.8) is 0 Å². The van der Waals surface area contributed by atoms with Crippen molar-refractivity contribution >= 4 is 27.5 Å². The van der Waals surface area contributed by atoms with Crippen molar-refractivity contribution in [3.05, 3.63) is 52.8 Å². The van der Waals surface area contributed by atoms with E-state index in [-0.39, 0.29) is 5.91 Å². The molecule has 5 nitrogen and oxygen atoms in total. The molecule has 0 radical (unpaired) electrons. The molecule has 120 valence electrons. The standard InChI is InChI=1S/C17H18BrN3O2/c1-23-16-5-3-2-4-15(16)20-8-10-21(11-9-20)17(22)14-12-13(18)6-7-19-14/h2-7,12H,8-11H2,1H3. The van der Waals surface area contributed by atoms with E-state index >= 15 is 0 Å². The molecule has 0 spiro atoms. The summed E-state index contributed by atoms with van der Waals surface area (Å²) >= 11 is 3.38. The van der Waals surface area contributed by atoms with E-state index in [4.69, 9.17) is 4.74 Å². The Kier molecular flexibility index (Phi) is 4.81. The largest absolute Gasteiger partial charge is 0.495 e. The van der Waals surface area contributed by atoms with Crippen LogP contribution in [-0.4, -0.2) is 49.1 Å². The molecule has 0 unspecified atom stereocenters. The van der Waals surface area contributed by atoms with Crippen LogP contribution in [0.2, 0.25) is 0 Å². The van der Waals surface area contributed by atoms with Crippen LogP contribution in [0.25, 0.3) is 0 Å². The molecule has 1 aromatic carbocycles. The normalized spacial score (nSPS) is 14.7. The molecule has 0 atom stereocenters. The Morgan fingerprint density at radius 3 is 2.61 bits per heavy atom. The number of anilines is 1. The molecule has 1 saturated heterocycles. The van der Waals surface area contributed by atoms with Crippen LogP contribution in [0.3, 0.4) is 0 Å². The third-order valence-electron chi connectivity index (χ3n) is 3.93. The topological polar surface area (TPSA) is 45.7 Å². The van der Waals surface area contributed by atoms with Crippen LogP contribution in [0, 0.1) is 0 Å². The maximum Gasteiger partial charge on any atom is 0.272 e. The summed E-state index contributed by atoms with van der Waals surface area (Å²) in [5.74, 6) is 0.840.